The molecule has 0 saturated carbocycles. The van der Waals surface area contributed by atoms with Gasteiger partial charge in [-0.2, -0.15) is 15.0 Å². The van der Waals surface area contributed by atoms with Gasteiger partial charge in [-0.05, 0) is 0 Å². The number of thioether (sulfide) groups is 1. The molecule has 1 amide bonds. The molecule has 0 unspecified atom stereocenters. The number of amides is 1. The first-order valence-corrected chi connectivity index (χ1v) is 6.44. The second-order valence-electron chi connectivity index (χ2n) is 3.50. The SMILES string of the molecule is C=CCN(CC=C)C(=O)CSc1nc(N)nc(N)n1. The van der Waals surface area contributed by atoms with Gasteiger partial charge in [0.15, 0.2) is 5.16 Å². The van der Waals surface area contributed by atoms with E-state index in [0.717, 1.165) is 11.8 Å². The number of nitrogen functional groups attached to an aromatic ring is 2. The van der Waals surface area contributed by atoms with Crippen LogP contribution in [0.3, 0.4) is 0 Å². The molecule has 0 aliphatic carbocycles. The van der Waals surface area contributed by atoms with E-state index in [0.29, 0.717) is 18.2 Å². The van der Waals surface area contributed by atoms with E-state index in [1.54, 1.807) is 17.1 Å². The zero-order valence-corrected chi connectivity index (χ0v) is 11.3. The summed E-state index contributed by atoms with van der Waals surface area (Å²) in [6.45, 7) is 8.14. The Morgan fingerprint density at radius 2 is 1.68 bits per heavy atom. The van der Waals surface area contributed by atoms with Crippen LogP contribution in [-0.2, 0) is 4.79 Å². The topological polar surface area (TPSA) is 111 Å². The molecule has 0 spiro atoms. The number of hydrogen-bond acceptors (Lipinski definition) is 7. The Morgan fingerprint density at radius 3 is 2.16 bits per heavy atom. The number of aromatic nitrogens is 3. The van der Waals surface area contributed by atoms with Crippen molar-refractivity contribution in [3.8, 4) is 0 Å². The number of nitrogens with zero attached hydrogens (tertiary/aromatic N) is 4. The van der Waals surface area contributed by atoms with Crippen molar-refractivity contribution in [3.63, 3.8) is 0 Å². The van der Waals surface area contributed by atoms with Crippen LogP contribution in [0.5, 0.6) is 0 Å². The van der Waals surface area contributed by atoms with Crippen molar-refractivity contribution in [2.24, 2.45) is 0 Å². The second kappa shape index (κ2) is 7.37. The standard InChI is InChI=1S/C11H16N6OS/c1-3-5-17(6-4-2)8(18)7-19-11-15-9(12)14-10(13)16-11/h3-4H,1-2,5-7H2,(H4,12,13,14,15,16). The summed E-state index contributed by atoms with van der Waals surface area (Å²) in [5.74, 6) is 0.195. The van der Waals surface area contributed by atoms with E-state index in [9.17, 15) is 4.79 Å². The van der Waals surface area contributed by atoms with Gasteiger partial charge >= 0.3 is 0 Å². The zero-order chi connectivity index (χ0) is 14.3. The van der Waals surface area contributed by atoms with Crippen LogP contribution in [0.25, 0.3) is 0 Å². The molecule has 1 aromatic heterocycles. The van der Waals surface area contributed by atoms with Gasteiger partial charge in [0.1, 0.15) is 0 Å². The summed E-state index contributed by atoms with van der Waals surface area (Å²) in [5.41, 5.74) is 10.9. The van der Waals surface area contributed by atoms with Crippen molar-refractivity contribution in [1.29, 1.82) is 0 Å². The molecule has 102 valence electrons. The van der Waals surface area contributed by atoms with Crippen LogP contribution in [-0.4, -0.2) is 44.6 Å². The highest BCUT2D eigenvalue weighted by atomic mass is 32.2. The minimum absolute atomic E-state index is 0.0384. The molecule has 8 heteroatoms. The maximum absolute atomic E-state index is 11.9. The van der Waals surface area contributed by atoms with E-state index in [1.807, 2.05) is 0 Å². The van der Waals surface area contributed by atoms with Gasteiger partial charge in [-0.25, -0.2) is 0 Å². The fraction of sp³-hybridized carbons (Fsp3) is 0.273. The van der Waals surface area contributed by atoms with Crippen molar-refractivity contribution in [2.75, 3.05) is 30.3 Å². The lowest BCUT2D eigenvalue weighted by Crippen LogP contribution is -2.32. The molecule has 0 bridgehead atoms. The molecule has 0 fully saturated rings. The Kier molecular flexibility index (Phi) is 5.80. The maximum Gasteiger partial charge on any atom is 0.233 e. The Hall–Kier alpha value is -2.09. The molecule has 0 aliphatic rings. The highest BCUT2D eigenvalue weighted by Gasteiger charge is 2.12. The second-order valence-corrected chi connectivity index (χ2v) is 4.44. The van der Waals surface area contributed by atoms with E-state index in [-0.39, 0.29) is 23.6 Å². The average Bonchev–Trinajstić information content (AvgIpc) is 2.34. The summed E-state index contributed by atoms with van der Waals surface area (Å²) < 4.78 is 0. The third-order valence-electron chi connectivity index (χ3n) is 2.03. The van der Waals surface area contributed by atoms with Crippen molar-refractivity contribution in [3.05, 3.63) is 25.3 Å². The third kappa shape index (κ3) is 4.96. The first-order chi connectivity index (χ1) is 9.06. The lowest BCUT2D eigenvalue weighted by molar-refractivity contribution is -0.127. The molecule has 1 aromatic rings. The predicted octanol–water partition coefficient (Wildman–Crippen LogP) is 0.329. The van der Waals surface area contributed by atoms with Crippen LogP contribution in [0.4, 0.5) is 11.9 Å². The van der Waals surface area contributed by atoms with Crippen molar-refractivity contribution in [2.45, 2.75) is 5.16 Å². The summed E-state index contributed by atoms with van der Waals surface area (Å²) in [4.78, 5) is 25.0. The van der Waals surface area contributed by atoms with Gasteiger partial charge in [-0.1, -0.05) is 23.9 Å². The Bertz CT molecular complexity index is 448. The quantitative estimate of drug-likeness (QED) is 0.546. The van der Waals surface area contributed by atoms with Gasteiger partial charge in [0.25, 0.3) is 0 Å². The van der Waals surface area contributed by atoms with Gasteiger partial charge in [0, 0.05) is 13.1 Å². The molecule has 19 heavy (non-hydrogen) atoms. The summed E-state index contributed by atoms with van der Waals surface area (Å²) in [6.07, 6.45) is 3.32. The minimum atomic E-state index is -0.0673. The fourth-order valence-electron chi connectivity index (χ4n) is 1.26. The highest BCUT2D eigenvalue weighted by molar-refractivity contribution is 7.99. The van der Waals surface area contributed by atoms with Crippen molar-refractivity contribution < 1.29 is 4.79 Å². The van der Waals surface area contributed by atoms with Crippen LogP contribution in [0, 0.1) is 0 Å². The van der Waals surface area contributed by atoms with Gasteiger partial charge in [-0.3, -0.25) is 4.79 Å². The molecule has 0 aliphatic heterocycles. The van der Waals surface area contributed by atoms with E-state index < -0.39 is 0 Å². The van der Waals surface area contributed by atoms with Crippen LogP contribution in [0.2, 0.25) is 0 Å². The van der Waals surface area contributed by atoms with E-state index in [4.69, 9.17) is 11.5 Å². The van der Waals surface area contributed by atoms with Crippen LogP contribution >= 0.6 is 11.8 Å². The number of carbonyl (C=O) groups is 1. The molecule has 0 aromatic carbocycles. The maximum atomic E-state index is 11.9. The third-order valence-corrected chi connectivity index (χ3v) is 2.86. The van der Waals surface area contributed by atoms with Gasteiger partial charge < -0.3 is 16.4 Å². The minimum Gasteiger partial charge on any atom is -0.368 e. The van der Waals surface area contributed by atoms with Gasteiger partial charge in [0.05, 0.1) is 5.75 Å². The molecule has 1 heterocycles. The fourth-order valence-corrected chi connectivity index (χ4v) is 2.01. The van der Waals surface area contributed by atoms with E-state index >= 15 is 0 Å². The highest BCUT2D eigenvalue weighted by Crippen LogP contribution is 2.15. The van der Waals surface area contributed by atoms with E-state index in [1.165, 1.54) is 0 Å². The van der Waals surface area contributed by atoms with Gasteiger partial charge in [-0.15, -0.1) is 13.2 Å². The number of anilines is 2. The summed E-state index contributed by atoms with van der Waals surface area (Å²) in [6, 6.07) is 0. The summed E-state index contributed by atoms with van der Waals surface area (Å²) >= 11 is 1.15. The molecule has 4 N–H and O–H groups in total. The lowest BCUT2D eigenvalue weighted by Gasteiger charge is -2.18. The van der Waals surface area contributed by atoms with Crippen molar-refractivity contribution >= 4 is 29.6 Å². The molecule has 0 saturated heterocycles. The van der Waals surface area contributed by atoms with Crippen molar-refractivity contribution in [1.82, 2.24) is 19.9 Å². The number of nitrogens with two attached hydrogens (primary N) is 2. The predicted molar refractivity (Wildman–Crippen MR) is 76.3 cm³/mol. The van der Waals surface area contributed by atoms with Gasteiger partial charge in [0.2, 0.25) is 17.8 Å². The number of rotatable bonds is 7. The van der Waals surface area contributed by atoms with E-state index in [2.05, 4.69) is 28.1 Å². The summed E-state index contributed by atoms with van der Waals surface area (Å²) in [5, 5.41) is 0.329. The molecule has 7 nitrogen and oxygen atoms in total. The monoisotopic (exact) mass is 280 g/mol. The first kappa shape index (κ1) is 15.0. The molecule has 0 atom stereocenters. The molecular weight excluding hydrogens is 264 g/mol. The molecular formula is C11H16N6OS. The normalized spacial score (nSPS) is 9.89. The largest absolute Gasteiger partial charge is 0.368 e. The zero-order valence-electron chi connectivity index (χ0n) is 10.5. The Labute approximate surface area is 115 Å². The Balaban J connectivity index is 2.61. The first-order valence-electron chi connectivity index (χ1n) is 5.46. The summed E-state index contributed by atoms with van der Waals surface area (Å²) in [7, 11) is 0. The van der Waals surface area contributed by atoms with Crippen LogP contribution in [0.1, 0.15) is 0 Å². The molecule has 1 rings (SSSR count). The Morgan fingerprint density at radius 1 is 1.16 bits per heavy atom. The van der Waals surface area contributed by atoms with Crippen LogP contribution < -0.4 is 11.5 Å². The lowest BCUT2D eigenvalue weighted by atomic mass is 10.4. The smallest absolute Gasteiger partial charge is 0.233 e. The number of carbonyl (C=O) groups excluding carboxylic acids is 1. The molecule has 0 radical (unpaired) electrons. The average molecular weight is 280 g/mol. The number of hydrogen-bond donors (Lipinski definition) is 2. The van der Waals surface area contributed by atoms with Crippen LogP contribution in [0.15, 0.2) is 30.5 Å².